The zero-order valence-corrected chi connectivity index (χ0v) is 8.13. The Balaban J connectivity index is 2.61. The number of nitro groups is 1. The van der Waals surface area contributed by atoms with Gasteiger partial charge in [-0.3, -0.25) is 15.1 Å². The van der Waals surface area contributed by atoms with Gasteiger partial charge in [0.15, 0.2) is 0 Å². The van der Waals surface area contributed by atoms with Crippen molar-refractivity contribution >= 4 is 5.69 Å². The molecule has 0 saturated heterocycles. The van der Waals surface area contributed by atoms with Gasteiger partial charge in [0.25, 0.3) is 5.69 Å². The van der Waals surface area contributed by atoms with Gasteiger partial charge in [-0.25, -0.2) is 4.39 Å². The largest absolute Gasteiger partial charge is 0.281 e. The second-order valence-corrected chi connectivity index (χ2v) is 3.13. The first-order chi connectivity index (χ1) is 7.68. The van der Waals surface area contributed by atoms with Gasteiger partial charge in [-0.2, -0.15) is 0 Å². The first kappa shape index (κ1) is 10.2. The van der Waals surface area contributed by atoms with Crippen molar-refractivity contribution in [2.24, 2.45) is 0 Å². The van der Waals surface area contributed by atoms with Gasteiger partial charge in [0.2, 0.25) is 0 Å². The van der Waals surface area contributed by atoms with E-state index >= 15 is 0 Å². The number of aromatic nitrogens is 1. The molecule has 16 heavy (non-hydrogen) atoms. The van der Waals surface area contributed by atoms with E-state index in [1.54, 1.807) is 18.2 Å². The molecule has 4 nitrogen and oxygen atoms in total. The van der Waals surface area contributed by atoms with E-state index in [1.807, 2.05) is 0 Å². The summed E-state index contributed by atoms with van der Waals surface area (Å²) in [5, 5.41) is 10.8. The fraction of sp³-hybridized carbons (Fsp3) is 0. The molecule has 1 heterocycles. The zero-order valence-electron chi connectivity index (χ0n) is 8.13. The Labute approximate surface area is 90.5 Å². The van der Waals surface area contributed by atoms with Gasteiger partial charge >= 0.3 is 0 Å². The third-order valence-corrected chi connectivity index (χ3v) is 2.10. The summed E-state index contributed by atoms with van der Waals surface area (Å²) in [6, 6.07) is 8.49. The number of benzene rings is 1. The molecule has 0 radical (unpaired) electrons. The third-order valence-electron chi connectivity index (χ3n) is 2.10. The van der Waals surface area contributed by atoms with Crippen molar-refractivity contribution < 1.29 is 9.31 Å². The number of nitro benzene ring substituents is 1. The fourth-order valence-corrected chi connectivity index (χ4v) is 1.39. The summed E-state index contributed by atoms with van der Waals surface area (Å²) >= 11 is 0. The van der Waals surface area contributed by atoms with Crippen molar-refractivity contribution in [2.75, 3.05) is 0 Å². The van der Waals surface area contributed by atoms with Crippen LogP contribution < -0.4 is 0 Å². The van der Waals surface area contributed by atoms with E-state index in [0.29, 0.717) is 11.3 Å². The lowest BCUT2D eigenvalue weighted by Gasteiger charge is -2.01. The first-order valence-electron chi connectivity index (χ1n) is 4.54. The van der Waals surface area contributed by atoms with E-state index in [9.17, 15) is 14.5 Å². The molecule has 0 aliphatic rings. The highest BCUT2D eigenvalue weighted by Crippen LogP contribution is 2.28. The van der Waals surface area contributed by atoms with Gasteiger partial charge in [-0.15, -0.1) is 0 Å². The monoisotopic (exact) mass is 218 g/mol. The standard InChI is InChI=1S/C11H7FN2O2/c12-8-4-5-9(11(7-8)14(15)16)10-3-1-2-6-13-10/h1-7H. The van der Waals surface area contributed by atoms with Crippen molar-refractivity contribution in [1.29, 1.82) is 0 Å². The van der Waals surface area contributed by atoms with Crippen LogP contribution in [0.5, 0.6) is 0 Å². The topological polar surface area (TPSA) is 56.0 Å². The average Bonchev–Trinajstić information content (AvgIpc) is 2.30. The van der Waals surface area contributed by atoms with Crippen LogP contribution in [0.3, 0.4) is 0 Å². The molecule has 0 amide bonds. The predicted molar refractivity (Wildman–Crippen MR) is 56.3 cm³/mol. The Morgan fingerprint density at radius 3 is 2.69 bits per heavy atom. The highest BCUT2D eigenvalue weighted by molar-refractivity contribution is 5.70. The van der Waals surface area contributed by atoms with Crippen molar-refractivity contribution in [3.05, 3.63) is 58.5 Å². The average molecular weight is 218 g/mol. The number of nitrogens with zero attached hydrogens (tertiary/aromatic N) is 2. The molecule has 1 aromatic carbocycles. The molecule has 5 heteroatoms. The zero-order chi connectivity index (χ0) is 11.5. The van der Waals surface area contributed by atoms with Crippen LogP contribution >= 0.6 is 0 Å². The maximum atomic E-state index is 12.9. The lowest BCUT2D eigenvalue weighted by atomic mass is 10.1. The smallest absolute Gasteiger partial charge is 0.258 e. The van der Waals surface area contributed by atoms with Crippen LogP contribution in [0.15, 0.2) is 42.6 Å². The summed E-state index contributed by atoms with van der Waals surface area (Å²) in [5.74, 6) is -0.633. The van der Waals surface area contributed by atoms with Crippen molar-refractivity contribution in [3.63, 3.8) is 0 Å². The van der Waals surface area contributed by atoms with Crippen LogP contribution in [0.1, 0.15) is 0 Å². The second-order valence-electron chi connectivity index (χ2n) is 3.13. The molecule has 80 valence electrons. The van der Waals surface area contributed by atoms with E-state index < -0.39 is 10.7 Å². The van der Waals surface area contributed by atoms with Crippen molar-refractivity contribution in [3.8, 4) is 11.3 Å². The lowest BCUT2D eigenvalue weighted by Crippen LogP contribution is -1.94. The van der Waals surface area contributed by atoms with Crippen molar-refractivity contribution in [1.82, 2.24) is 4.98 Å². The van der Waals surface area contributed by atoms with Gasteiger partial charge in [-0.05, 0) is 24.3 Å². The van der Waals surface area contributed by atoms with Gasteiger partial charge in [0.05, 0.1) is 22.2 Å². The lowest BCUT2D eigenvalue weighted by molar-refractivity contribution is -0.384. The summed E-state index contributed by atoms with van der Waals surface area (Å²) in [4.78, 5) is 14.1. The highest BCUT2D eigenvalue weighted by Gasteiger charge is 2.16. The van der Waals surface area contributed by atoms with Gasteiger partial charge in [0, 0.05) is 6.20 Å². The normalized spacial score (nSPS) is 10.1. The maximum Gasteiger partial charge on any atom is 0.281 e. The molecule has 2 aromatic rings. The Bertz CT molecular complexity index is 529. The van der Waals surface area contributed by atoms with Gasteiger partial charge < -0.3 is 0 Å². The van der Waals surface area contributed by atoms with Gasteiger partial charge in [-0.1, -0.05) is 6.07 Å². The van der Waals surface area contributed by atoms with Crippen LogP contribution in [0, 0.1) is 15.9 Å². The van der Waals surface area contributed by atoms with E-state index in [0.717, 1.165) is 6.07 Å². The number of pyridine rings is 1. The summed E-state index contributed by atoms with van der Waals surface area (Å²) in [6.45, 7) is 0. The van der Waals surface area contributed by atoms with Crippen LogP contribution in [-0.4, -0.2) is 9.91 Å². The van der Waals surface area contributed by atoms with Crippen LogP contribution in [-0.2, 0) is 0 Å². The van der Waals surface area contributed by atoms with Crippen LogP contribution in [0.25, 0.3) is 11.3 Å². The molecular weight excluding hydrogens is 211 g/mol. The van der Waals surface area contributed by atoms with Gasteiger partial charge in [0.1, 0.15) is 5.82 Å². The van der Waals surface area contributed by atoms with Crippen LogP contribution in [0.4, 0.5) is 10.1 Å². The molecule has 0 atom stereocenters. The minimum atomic E-state index is -0.633. The first-order valence-corrected chi connectivity index (χ1v) is 4.54. The molecule has 0 spiro atoms. The summed E-state index contributed by atoms with van der Waals surface area (Å²) in [6.07, 6.45) is 1.53. The molecule has 0 saturated carbocycles. The van der Waals surface area contributed by atoms with E-state index in [4.69, 9.17) is 0 Å². The van der Waals surface area contributed by atoms with Crippen molar-refractivity contribution in [2.45, 2.75) is 0 Å². The highest BCUT2D eigenvalue weighted by atomic mass is 19.1. The molecular formula is C11H7FN2O2. The molecule has 0 aliphatic carbocycles. The minimum absolute atomic E-state index is 0.279. The van der Waals surface area contributed by atoms with E-state index in [2.05, 4.69) is 4.98 Å². The molecule has 0 unspecified atom stereocenters. The summed E-state index contributed by atoms with van der Waals surface area (Å²) in [7, 11) is 0. The maximum absolute atomic E-state index is 12.9. The molecule has 0 bridgehead atoms. The second kappa shape index (κ2) is 4.06. The number of hydrogen-bond acceptors (Lipinski definition) is 3. The van der Waals surface area contributed by atoms with Crippen LogP contribution in [0.2, 0.25) is 0 Å². The fourth-order valence-electron chi connectivity index (χ4n) is 1.39. The number of hydrogen-bond donors (Lipinski definition) is 0. The molecule has 0 N–H and O–H groups in total. The predicted octanol–water partition coefficient (Wildman–Crippen LogP) is 2.80. The summed E-state index contributed by atoms with van der Waals surface area (Å²) in [5.41, 5.74) is 0.486. The molecule has 0 aliphatic heterocycles. The Morgan fingerprint density at radius 1 is 1.25 bits per heavy atom. The minimum Gasteiger partial charge on any atom is -0.258 e. The Hall–Kier alpha value is -2.30. The van der Waals surface area contributed by atoms with E-state index in [1.165, 1.54) is 18.3 Å². The number of rotatable bonds is 2. The molecule has 1 aromatic heterocycles. The number of halogens is 1. The third kappa shape index (κ3) is 1.88. The summed E-state index contributed by atoms with van der Waals surface area (Å²) < 4.78 is 12.9. The Kier molecular flexibility index (Phi) is 2.59. The molecule has 2 rings (SSSR count). The van der Waals surface area contributed by atoms with E-state index in [-0.39, 0.29) is 5.69 Å². The quantitative estimate of drug-likeness (QED) is 0.575. The Morgan fingerprint density at radius 2 is 2.06 bits per heavy atom. The SMILES string of the molecule is O=[N+]([O-])c1cc(F)ccc1-c1ccccn1. The molecule has 0 fully saturated rings.